The van der Waals surface area contributed by atoms with Gasteiger partial charge in [0.25, 0.3) is 0 Å². The third kappa shape index (κ3) is 2.48. The summed E-state index contributed by atoms with van der Waals surface area (Å²) in [5, 5.41) is 1.89. The lowest BCUT2D eigenvalue weighted by Crippen LogP contribution is -1.95. The highest BCUT2D eigenvalue weighted by molar-refractivity contribution is 5.98. The molecule has 0 radical (unpaired) electrons. The van der Waals surface area contributed by atoms with Crippen LogP contribution in [0.5, 0.6) is 28.7 Å². The van der Waals surface area contributed by atoms with Crippen LogP contribution < -0.4 is 23.7 Å². The first kappa shape index (κ1) is 15.4. The van der Waals surface area contributed by atoms with E-state index in [9.17, 15) is 0 Å². The number of methoxy groups -OCH3 is 3. The van der Waals surface area contributed by atoms with Crippen molar-refractivity contribution < 1.29 is 23.7 Å². The Balaban J connectivity index is 1.90. The van der Waals surface area contributed by atoms with Gasteiger partial charge in [0, 0.05) is 16.8 Å². The summed E-state index contributed by atoms with van der Waals surface area (Å²) in [4.78, 5) is 0. The van der Waals surface area contributed by atoms with Gasteiger partial charge in [-0.2, -0.15) is 0 Å². The summed E-state index contributed by atoms with van der Waals surface area (Å²) >= 11 is 0. The second-order valence-electron chi connectivity index (χ2n) is 5.64. The lowest BCUT2D eigenvalue weighted by molar-refractivity contribution is 0.174. The van der Waals surface area contributed by atoms with Crippen LogP contribution in [0, 0.1) is 0 Å². The second kappa shape index (κ2) is 6.09. The van der Waals surface area contributed by atoms with Crippen LogP contribution in [0.15, 0.2) is 42.5 Å². The lowest BCUT2D eigenvalue weighted by atomic mass is 9.99. The fraction of sp³-hybridized carbons (Fsp3) is 0.200. The first-order chi connectivity index (χ1) is 12.2. The van der Waals surface area contributed by atoms with E-state index < -0.39 is 0 Å². The number of hydrogen-bond donors (Lipinski definition) is 0. The molecule has 25 heavy (non-hydrogen) atoms. The van der Waals surface area contributed by atoms with Gasteiger partial charge in [0.1, 0.15) is 5.75 Å². The van der Waals surface area contributed by atoms with Crippen molar-refractivity contribution in [1.29, 1.82) is 0 Å². The largest absolute Gasteiger partial charge is 0.496 e. The summed E-state index contributed by atoms with van der Waals surface area (Å²) in [6, 6.07) is 13.9. The van der Waals surface area contributed by atoms with Crippen molar-refractivity contribution >= 4 is 10.8 Å². The SMILES string of the molecule is COc1cc(OC)c2cc(-c3ccc4c(c3)OCO4)ccc2c1OC. The van der Waals surface area contributed by atoms with Crippen LogP contribution in [-0.2, 0) is 0 Å². The monoisotopic (exact) mass is 338 g/mol. The fourth-order valence-electron chi connectivity index (χ4n) is 3.13. The molecule has 1 heterocycles. The number of benzene rings is 3. The van der Waals surface area contributed by atoms with Gasteiger partial charge in [0.2, 0.25) is 6.79 Å². The van der Waals surface area contributed by atoms with Crippen molar-refractivity contribution in [1.82, 2.24) is 0 Å². The molecule has 0 saturated heterocycles. The molecule has 0 saturated carbocycles. The third-order valence-electron chi connectivity index (χ3n) is 4.37. The number of fused-ring (bicyclic) bond motifs is 2. The molecule has 128 valence electrons. The van der Waals surface area contributed by atoms with Crippen molar-refractivity contribution in [2.24, 2.45) is 0 Å². The highest BCUT2D eigenvalue weighted by Gasteiger charge is 2.17. The molecule has 0 fully saturated rings. The molecule has 0 unspecified atom stereocenters. The molecular weight excluding hydrogens is 320 g/mol. The van der Waals surface area contributed by atoms with E-state index in [0.29, 0.717) is 11.5 Å². The molecule has 0 bridgehead atoms. The maximum Gasteiger partial charge on any atom is 0.231 e. The van der Waals surface area contributed by atoms with Crippen LogP contribution in [0.25, 0.3) is 21.9 Å². The van der Waals surface area contributed by atoms with E-state index in [1.54, 1.807) is 21.3 Å². The van der Waals surface area contributed by atoms with Crippen LogP contribution in [0.1, 0.15) is 0 Å². The van der Waals surface area contributed by atoms with Gasteiger partial charge in [0.05, 0.1) is 21.3 Å². The Hall–Kier alpha value is -3.08. The van der Waals surface area contributed by atoms with Gasteiger partial charge in [-0.1, -0.05) is 12.1 Å². The van der Waals surface area contributed by atoms with Gasteiger partial charge in [-0.25, -0.2) is 0 Å². The summed E-state index contributed by atoms with van der Waals surface area (Å²) in [6.07, 6.45) is 0. The average Bonchev–Trinajstić information content (AvgIpc) is 3.13. The van der Waals surface area contributed by atoms with Crippen LogP contribution in [0.2, 0.25) is 0 Å². The summed E-state index contributed by atoms with van der Waals surface area (Å²) < 4.78 is 27.4. The molecule has 5 nitrogen and oxygen atoms in total. The third-order valence-corrected chi connectivity index (χ3v) is 4.37. The minimum atomic E-state index is 0.265. The Morgan fingerprint density at radius 1 is 0.680 bits per heavy atom. The molecule has 1 aliphatic heterocycles. The zero-order valence-corrected chi connectivity index (χ0v) is 14.3. The Labute approximate surface area is 145 Å². The number of ether oxygens (including phenoxy) is 5. The standard InChI is InChI=1S/C20H18O5/c1-21-17-10-19(22-2)20(23-3)14-6-4-12(8-15(14)17)13-5-7-16-18(9-13)25-11-24-16/h4-10H,11H2,1-3H3. The molecule has 1 aliphatic rings. The van der Waals surface area contributed by atoms with Gasteiger partial charge in [-0.15, -0.1) is 0 Å². The summed E-state index contributed by atoms with van der Waals surface area (Å²) in [5.74, 6) is 3.60. The second-order valence-corrected chi connectivity index (χ2v) is 5.64. The van der Waals surface area contributed by atoms with E-state index in [0.717, 1.165) is 39.1 Å². The van der Waals surface area contributed by atoms with Crippen LogP contribution in [0.3, 0.4) is 0 Å². The highest BCUT2D eigenvalue weighted by atomic mass is 16.7. The van der Waals surface area contributed by atoms with E-state index in [1.165, 1.54) is 0 Å². The van der Waals surface area contributed by atoms with Crippen LogP contribution >= 0.6 is 0 Å². The zero-order chi connectivity index (χ0) is 17.4. The van der Waals surface area contributed by atoms with Crippen molar-refractivity contribution in [3.8, 4) is 39.9 Å². The molecule has 3 aromatic carbocycles. The smallest absolute Gasteiger partial charge is 0.231 e. The molecule has 0 N–H and O–H groups in total. The highest BCUT2D eigenvalue weighted by Crippen LogP contribution is 2.43. The van der Waals surface area contributed by atoms with Crippen molar-refractivity contribution in [2.75, 3.05) is 28.1 Å². The van der Waals surface area contributed by atoms with Gasteiger partial charge >= 0.3 is 0 Å². The molecule has 5 heteroatoms. The maximum absolute atomic E-state index is 5.55. The van der Waals surface area contributed by atoms with Crippen molar-refractivity contribution in [3.63, 3.8) is 0 Å². The first-order valence-electron chi connectivity index (χ1n) is 7.88. The van der Waals surface area contributed by atoms with Crippen LogP contribution in [-0.4, -0.2) is 28.1 Å². The average molecular weight is 338 g/mol. The first-order valence-corrected chi connectivity index (χ1v) is 7.88. The summed E-state index contributed by atoms with van der Waals surface area (Å²) in [5.41, 5.74) is 2.10. The summed E-state index contributed by atoms with van der Waals surface area (Å²) in [6.45, 7) is 0.265. The molecule has 0 amide bonds. The van der Waals surface area contributed by atoms with Gasteiger partial charge < -0.3 is 23.7 Å². The van der Waals surface area contributed by atoms with Crippen molar-refractivity contribution in [2.45, 2.75) is 0 Å². The maximum atomic E-state index is 5.55. The number of hydrogen-bond acceptors (Lipinski definition) is 5. The zero-order valence-electron chi connectivity index (χ0n) is 14.3. The van der Waals surface area contributed by atoms with Crippen molar-refractivity contribution in [3.05, 3.63) is 42.5 Å². The van der Waals surface area contributed by atoms with E-state index in [2.05, 4.69) is 6.07 Å². The molecule has 4 rings (SSSR count). The van der Waals surface area contributed by atoms with Gasteiger partial charge in [0.15, 0.2) is 23.0 Å². The van der Waals surface area contributed by atoms with E-state index in [-0.39, 0.29) is 6.79 Å². The number of rotatable bonds is 4. The molecule has 0 aromatic heterocycles. The van der Waals surface area contributed by atoms with Gasteiger partial charge in [-0.3, -0.25) is 0 Å². The summed E-state index contributed by atoms with van der Waals surface area (Å²) in [7, 11) is 4.90. The Morgan fingerprint density at radius 2 is 1.40 bits per heavy atom. The lowest BCUT2D eigenvalue weighted by Gasteiger charge is -2.15. The van der Waals surface area contributed by atoms with E-state index >= 15 is 0 Å². The van der Waals surface area contributed by atoms with E-state index in [1.807, 2.05) is 36.4 Å². The quantitative estimate of drug-likeness (QED) is 0.711. The molecule has 0 aliphatic carbocycles. The fourth-order valence-corrected chi connectivity index (χ4v) is 3.13. The molecule has 3 aromatic rings. The Kier molecular flexibility index (Phi) is 3.76. The van der Waals surface area contributed by atoms with E-state index in [4.69, 9.17) is 23.7 Å². The van der Waals surface area contributed by atoms with Crippen LogP contribution in [0.4, 0.5) is 0 Å². The topological polar surface area (TPSA) is 46.2 Å². The Bertz CT molecular complexity index is 948. The van der Waals surface area contributed by atoms with Gasteiger partial charge in [-0.05, 0) is 35.4 Å². The minimum Gasteiger partial charge on any atom is -0.496 e. The molecular formula is C20H18O5. The Morgan fingerprint density at radius 3 is 2.16 bits per heavy atom. The molecule has 0 spiro atoms. The molecule has 0 atom stereocenters. The predicted octanol–water partition coefficient (Wildman–Crippen LogP) is 4.26. The minimum absolute atomic E-state index is 0.265. The normalized spacial score (nSPS) is 12.3. The predicted molar refractivity (Wildman–Crippen MR) is 95.2 cm³/mol.